The van der Waals surface area contributed by atoms with Gasteiger partial charge >= 0.3 is 0 Å². The van der Waals surface area contributed by atoms with E-state index >= 15 is 0 Å². The number of aliphatic hydroxyl groups excluding tert-OH is 1. The smallest absolute Gasteiger partial charge is 0.0935 e. The molecule has 0 atom stereocenters. The molecule has 9 radical (unpaired) electrons. The van der Waals surface area contributed by atoms with Crippen molar-refractivity contribution in [3.63, 3.8) is 0 Å². The van der Waals surface area contributed by atoms with Gasteiger partial charge in [-0.15, -0.1) is 10.2 Å². The third kappa shape index (κ3) is 48.2. The molecule has 18 heteroatoms. The summed E-state index contributed by atoms with van der Waals surface area (Å²) in [6.45, 7) is 12.0. The molecule has 0 spiro atoms. The summed E-state index contributed by atoms with van der Waals surface area (Å²) in [5, 5.41) is 50.5. The normalized spacial score (nSPS) is 8.41. The Hall–Kier alpha value is -0.0249. The maximum Gasteiger partial charge on any atom is 0.0935 e. The number of benzene rings is 12. The van der Waals surface area contributed by atoms with Crippen molar-refractivity contribution in [2.24, 2.45) is 40.9 Å². The molecule has 0 unspecified atom stereocenters. The Morgan fingerprint density at radius 1 is 0.173 bits per heavy atom. The molecule has 0 fully saturated rings. The fourth-order valence-corrected chi connectivity index (χ4v) is 7.50. The Labute approximate surface area is 821 Å². The summed E-state index contributed by atoms with van der Waals surface area (Å²) >= 11 is 0. The number of aliphatic hydroxyl groups is 1. The van der Waals surface area contributed by atoms with Gasteiger partial charge in [-0.05, 0) is 117 Å². The summed E-state index contributed by atoms with van der Waals surface area (Å²) in [5.74, 6) is 0. The summed E-state index contributed by atoms with van der Waals surface area (Å²) in [5.41, 5.74) is 7.01. The van der Waals surface area contributed by atoms with Gasteiger partial charge in [-0.3, -0.25) is 0 Å². The molecule has 12 aromatic rings. The average molecular weight is 1990 g/mol. The van der Waals surface area contributed by atoms with Crippen molar-refractivity contribution < 1.29 is 299 Å². The van der Waals surface area contributed by atoms with Crippen molar-refractivity contribution in [3.05, 3.63) is 358 Å². The molecule has 499 valence electrons. The second-order valence-corrected chi connectivity index (χ2v) is 16.2. The van der Waals surface area contributed by atoms with Gasteiger partial charge in [0, 0.05) is 312 Å². The summed E-state index contributed by atoms with van der Waals surface area (Å²) in [6.07, 6.45) is 0. The Bertz CT molecular complexity index is 3530. The fourth-order valence-electron chi connectivity index (χ4n) is 7.50. The molecular formula is C80H97N8OY9-9. The molecular weight excluding hydrogens is 1890 g/mol. The first-order valence-electron chi connectivity index (χ1n) is 27.0. The van der Waals surface area contributed by atoms with E-state index in [0.29, 0.717) is 0 Å². The molecule has 0 heterocycles. The second-order valence-electron chi connectivity index (χ2n) is 16.2. The summed E-state index contributed by atoms with van der Waals surface area (Å²) in [4.78, 5) is 0. The van der Waals surface area contributed by atoms with Crippen molar-refractivity contribution in [1.82, 2.24) is 0 Å². The van der Waals surface area contributed by atoms with Crippen molar-refractivity contribution in [1.29, 1.82) is 0 Å². The molecule has 0 aliphatic heterocycles. The molecule has 9 nitrogen and oxygen atoms in total. The summed E-state index contributed by atoms with van der Waals surface area (Å²) < 4.78 is 0. The van der Waals surface area contributed by atoms with E-state index in [1.54, 1.807) is 0 Å². The van der Waals surface area contributed by atoms with Crippen LogP contribution in [0.15, 0.2) is 332 Å². The van der Waals surface area contributed by atoms with Crippen LogP contribution in [0.4, 0.5) is 45.5 Å². The zero-order valence-corrected chi connectivity index (χ0v) is 86.5. The van der Waals surface area contributed by atoms with E-state index in [9.17, 15) is 0 Å². The topological polar surface area (TPSA) is 119 Å². The third-order valence-corrected chi connectivity index (χ3v) is 11.1. The van der Waals surface area contributed by atoms with Gasteiger partial charge in [0.15, 0.2) is 0 Å². The SMILES string of the molecule is CC.CC.CC.CO.[CH3-].[CH3-].[CH3-].[CH3-].[CH3-].[CH3-].[CH3-].[CH3-].[CH3-].[Y].[Y].[Y].[Y].[Y].[Y].[Y].[Y].[Y].c1ccc(N=Nc2ccc3ccccc3c2)cc1.c1ccc(N=Nc2ccc3ccccc3c2)cc1.c1ccc(N=Nc2cccc3ccccc23)cc1.c1ccc(N=Nc2cccc3ccccc23)cc1. The first-order chi connectivity index (χ1) is 39.7. The molecule has 1 N–H and O–H groups in total. The van der Waals surface area contributed by atoms with Crippen LogP contribution >= 0.6 is 0 Å². The van der Waals surface area contributed by atoms with Gasteiger partial charge in [-0.1, -0.05) is 248 Å². The van der Waals surface area contributed by atoms with Gasteiger partial charge in [0.25, 0.3) is 0 Å². The number of hydrogen-bond donors (Lipinski definition) is 1. The number of fused-ring (bicyclic) bond motifs is 4. The first kappa shape index (κ1) is 131. The molecule has 98 heavy (non-hydrogen) atoms. The van der Waals surface area contributed by atoms with E-state index in [1.165, 1.54) is 32.3 Å². The van der Waals surface area contributed by atoms with Crippen LogP contribution in [0.25, 0.3) is 43.1 Å². The van der Waals surface area contributed by atoms with Crippen LogP contribution in [0, 0.1) is 66.8 Å². The maximum atomic E-state index is 7.00. The fraction of sp³-hybridized carbons (Fsp3) is 0.0875. The Kier molecular flexibility index (Phi) is 110. The number of rotatable bonds is 8. The van der Waals surface area contributed by atoms with E-state index in [0.717, 1.165) is 63.4 Å². The van der Waals surface area contributed by atoms with E-state index < -0.39 is 0 Å². The van der Waals surface area contributed by atoms with Crippen molar-refractivity contribution in [2.45, 2.75) is 41.5 Å². The van der Waals surface area contributed by atoms with Crippen molar-refractivity contribution in [3.8, 4) is 0 Å². The maximum absolute atomic E-state index is 7.00. The van der Waals surface area contributed by atoms with Gasteiger partial charge < -0.3 is 71.9 Å². The van der Waals surface area contributed by atoms with Gasteiger partial charge in [-0.25, -0.2) is 0 Å². The van der Waals surface area contributed by atoms with Crippen LogP contribution in [-0.2, 0) is 294 Å². The zero-order chi connectivity index (χ0) is 56.8. The predicted molar refractivity (Wildman–Crippen MR) is 398 cm³/mol. The molecule has 0 aliphatic rings. The molecule has 12 rings (SSSR count). The number of hydrogen-bond acceptors (Lipinski definition) is 9. The van der Waals surface area contributed by atoms with Crippen LogP contribution in [0.5, 0.6) is 0 Å². The predicted octanol–water partition coefficient (Wildman–Crippen LogP) is 27.7. The first-order valence-corrected chi connectivity index (χ1v) is 27.0. The van der Waals surface area contributed by atoms with Crippen LogP contribution in [0.3, 0.4) is 0 Å². The van der Waals surface area contributed by atoms with E-state index in [2.05, 4.69) is 114 Å². The van der Waals surface area contributed by atoms with Gasteiger partial charge in [0.2, 0.25) is 0 Å². The number of azo groups is 4. The Balaban J connectivity index is -0.0000000729. The summed E-state index contributed by atoms with van der Waals surface area (Å²) in [6, 6.07) is 96.2. The van der Waals surface area contributed by atoms with Gasteiger partial charge in [-0.2, -0.15) is 30.7 Å². The Morgan fingerprint density at radius 2 is 0.367 bits per heavy atom. The minimum Gasteiger partial charge on any atom is -0.400 e. The molecule has 0 aromatic heterocycles. The molecule has 0 saturated carbocycles. The second kappa shape index (κ2) is 82.6. The molecule has 0 saturated heterocycles. The third-order valence-electron chi connectivity index (χ3n) is 11.1. The van der Waals surface area contributed by atoms with Crippen LogP contribution in [0.1, 0.15) is 41.5 Å². The number of nitrogens with zero attached hydrogens (tertiary/aromatic N) is 8. The average Bonchev–Trinajstić information content (AvgIpc) is 0.866. The molecule has 12 aromatic carbocycles. The van der Waals surface area contributed by atoms with Crippen molar-refractivity contribution in [2.75, 3.05) is 7.11 Å². The monoisotopic (exact) mass is 1990 g/mol. The minimum atomic E-state index is 0. The standard InChI is InChI=1S/4C16H12N2.3C2H6.CH4O.9CH3.9Y/c2*1-2-9-14(10-3-1)17-18-16-12-6-8-13-7-4-5-11-15(13)16;2*1-2-8-15(9-3-1)17-18-16-11-10-13-6-4-5-7-14(13)12-16;4*1-2;;;;;;;;;;;;;;;;;;/h4*1-12H;3*1-2H3;2H,1H3;9*1H3;;;;;;;;;/q;;;;;;;;9*-1;;;;;;;;;. The molecule has 0 aliphatic carbocycles. The Morgan fingerprint density at radius 3 is 0.633 bits per heavy atom. The van der Waals surface area contributed by atoms with E-state index in [1.807, 2.05) is 260 Å². The zero-order valence-electron chi connectivity index (χ0n) is 60.9. The van der Waals surface area contributed by atoms with Crippen LogP contribution in [-0.4, -0.2) is 12.2 Å². The van der Waals surface area contributed by atoms with Crippen LogP contribution in [0.2, 0.25) is 0 Å². The summed E-state index contributed by atoms with van der Waals surface area (Å²) in [7, 11) is 1.00. The molecule has 0 amide bonds. The largest absolute Gasteiger partial charge is 0.400 e. The van der Waals surface area contributed by atoms with E-state index in [4.69, 9.17) is 5.11 Å². The minimum absolute atomic E-state index is 0. The quantitative estimate of drug-likeness (QED) is 0.118. The molecule has 0 bridgehead atoms. The van der Waals surface area contributed by atoms with Crippen LogP contribution < -0.4 is 0 Å². The van der Waals surface area contributed by atoms with Crippen molar-refractivity contribution >= 4 is 88.6 Å². The van der Waals surface area contributed by atoms with Gasteiger partial charge in [0.05, 0.1) is 45.5 Å². The van der Waals surface area contributed by atoms with E-state index in [-0.39, 0.29) is 361 Å². The van der Waals surface area contributed by atoms with Gasteiger partial charge in [0.1, 0.15) is 0 Å².